The molecule has 0 aliphatic heterocycles. The summed E-state index contributed by atoms with van der Waals surface area (Å²) in [4.78, 5) is 11.9. The summed E-state index contributed by atoms with van der Waals surface area (Å²) in [5.41, 5.74) is 2.19. The van der Waals surface area contributed by atoms with E-state index >= 15 is 0 Å². The number of aliphatic hydroxyl groups excluding tert-OH is 1. The molecule has 4 rings (SSSR count). The van der Waals surface area contributed by atoms with E-state index in [0.717, 1.165) is 37.0 Å². The Balaban J connectivity index is 1.64. The molecule has 0 spiro atoms. The minimum absolute atomic E-state index is 0.291. The van der Waals surface area contributed by atoms with Crippen LogP contribution < -0.4 is 0 Å². The van der Waals surface area contributed by atoms with Crippen LogP contribution in [0.3, 0.4) is 0 Å². The van der Waals surface area contributed by atoms with Crippen LogP contribution in [-0.4, -0.2) is 17.5 Å². The number of carbonyl (C=O) groups excluding carboxylic acids is 1. The fourth-order valence-corrected chi connectivity index (χ4v) is 7.58. The smallest absolute Gasteiger partial charge is 0.136 e. The molecule has 0 aromatic heterocycles. The zero-order chi connectivity index (χ0) is 17.1. The normalized spacial score (nSPS) is 49.0. The number of hydrogen-bond donors (Lipinski definition) is 1. The number of Topliss-reactive ketones (excluding diaryl/α,β-unsaturated/α-hetero) is 1. The zero-order valence-corrected chi connectivity index (χ0v) is 15.7. The summed E-state index contributed by atoms with van der Waals surface area (Å²) >= 11 is 0. The molecule has 4 aliphatic rings. The van der Waals surface area contributed by atoms with Gasteiger partial charge in [0, 0.05) is 19.4 Å². The maximum absolute atomic E-state index is 11.9. The average Bonchev–Trinajstić information content (AvgIpc) is 2.92. The predicted octanol–water partition coefficient (Wildman–Crippen LogP) is 4.76. The van der Waals surface area contributed by atoms with Gasteiger partial charge in [-0.3, -0.25) is 4.79 Å². The van der Waals surface area contributed by atoms with E-state index in [1.54, 1.807) is 0 Å². The Hall–Kier alpha value is -0.630. The van der Waals surface area contributed by atoms with Crippen LogP contribution in [-0.2, 0) is 4.79 Å². The first kappa shape index (κ1) is 16.8. The highest BCUT2D eigenvalue weighted by Gasteiger charge is 2.59. The molecule has 4 aliphatic carbocycles. The van der Waals surface area contributed by atoms with Crippen molar-refractivity contribution < 1.29 is 9.90 Å². The summed E-state index contributed by atoms with van der Waals surface area (Å²) < 4.78 is 0. The Morgan fingerprint density at radius 1 is 1.21 bits per heavy atom. The van der Waals surface area contributed by atoms with Crippen LogP contribution in [0.1, 0.15) is 72.1 Å². The maximum atomic E-state index is 11.9. The summed E-state index contributed by atoms with van der Waals surface area (Å²) in [5.74, 6) is 4.00. The van der Waals surface area contributed by atoms with Gasteiger partial charge in [0.15, 0.2) is 0 Å². The third-order valence-corrected chi connectivity index (χ3v) is 8.98. The molecule has 134 valence electrons. The number of rotatable bonds is 2. The highest BCUT2D eigenvalue weighted by molar-refractivity contribution is 5.82. The lowest BCUT2D eigenvalue weighted by Crippen LogP contribution is -2.50. The van der Waals surface area contributed by atoms with E-state index in [0.29, 0.717) is 35.1 Å². The summed E-state index contributed by atoms with van der Waals surface area (Å²) in [5, 5.41) is 9.71. The van der Waals surface area contributed by atoms with Crippen molar-refractivity contribution in [1.29, 1.82) is 0 Å². The van der Waals surface area contributed by atoms with E-state index in [1.165, 1.54) is 37.7 Å². The van der Waals surface area contributed by atoms with Crippen LogP contribution in [0.4, 0.5) is 0 Å². The second-order valence-corrected chi connectivity index (χ2v) is 9.86. The van der Waals surface area contributed by atoms with E-state index in [2.05, 4.69) is 26.8 Å². The SMILES string of the molecule is C[C@H](CO)C1CC[C@H]2C3CC=C4CC(=O)CCC4(C)C3CCC12C. The molecule has 0 radical (unpaired) electrons. The second-order valence-electron chi connectivity index (χ2n) is 9.86. The van der Waals surface area contributed by atoms with Crippen LogP contribution in [0.2, 0.25) is 0 Å². The predicted molar refractivity (Wildman–Crippen MR) is 96.4 cm³/mol. The quantitative estimate of drug-likeness (QED) is 0.741. The summed E-state index contributed by atoms with van der Waals surface area (Å²) in [6, 6.07) is 0. The lowest BCUT2D eigenvalue weighted by Gasteiger charge is -2.57. The lowest BCUT2D eigenvalue weighted by molar-refractivity contribution is -0.122. The fraction of sp³-hybridized carbons (Fsp3) is 0.864. The Morgan fingerprint density at radius 3 is 2.75 bits per heavy atom. The van der Waals surface area contributed by atoms with Gasteiger partial charge in [-0.05, 0) is 78.9 Å². The van der Waals surface area contributed by atoms with E-state index in [-0.39, 0.29) is 0 Å². The Labute approximate surface area is 147 Å². The first-order chi connectivity index (χ1) is 11.4. The van der Waals surface area contributed by atoms with Gasteiger partial charge in [-0.1, -0.05) is 32.4 Å². The molecule has 0 amide bonds. The topological polar surface area (TPSA) is 37.3 Å². The van der Waals surface area contributed by atoms with Crippen LogP contribution in [0.5, 0.6) is 0 Å². The van der Waals surface area contributed by atoms with E-state index in [1.807, 2.05) is 0 Å². The number of allylic oxidation sites excluding steroid dienone is 2. The van der Waals surface area contributed by atoms with Crippen molar-refractivity contribution in [2.24, 2.45) is 40.4 Å². The van der Waals surface area contributed by atoms with Crippen molar-refractivity contribution >= 4 is 5.78 Å². The fourth-order valence-electron chi connectivity index (χ4n) is 7.58. The maximum Gasteiger partial charge on any atom is 0.136 e. The Morgan fingerprint density at radius 2 is 2.00 bits per heavy atom. The molecule has 0 aromatic carbocycles. The molecule has 2 nitrogen and oxygen atoms in total. The zero-order valence-electron chi connectivity index (χ0n) is 15.7. The van der Waals surface area contributed by atoms with E-state index in [9.17, 15) is 9.90 Å². The molecule has 3 saturated carbocycles. The minimum Gasteiger partial charge on any atom is -0.396 e. The van der Waals surface area contributed by atoms with Gasteiger partial charge >= 0.3 is 0 Å². The van der Waals surface area contributed by atoms with Gasteiger partial charge in [0.05, 0.1) is 0 Å². The van der Waals surface area contributed by atoms with Crippen LogP contribution in [0.25, 0.3) is 0 Å². The molecule has 0 aromatic rings. The van der Waals surface area contributed by atoms with E-state index in [4.69, 9.17) is 0 Å². The van der Waals surface area contributed by atoms with Crippen LogP contribution >= 0.6 is 0 Å². The molecule has 1 N–H and O–H groups in total. The van der Waals surface area contributed by atoms with Gasteiger partial charge in [-0.15, -0.1) is 0 Å². The third-order valence-electron chi connectivity index (χ3n) is 8.98. The molecular formula is C22H34O2. The molecule has 0 bridgehead atoms. The second kappa shape index (κ2) is 5.69. The molecule has 5 unspecified atom stereocenters. The minimum atomic E-state index is 0.291. The molecule has 0 heterocycles. The largest absolute Gasteiger partial charge is 0.396 e. The standard InChI is InChI=1S/C22H34O2/c1-14(13-23)18-6-7-19-17-5-4-15-12-16(24)8-10-21(15,2)20(17)9-11-22(18,19)3/h4,14,17-20,23H,5-13H2,1-3H3/t14-,17?,18?,19+,20?,21?,22?/m1/s1. The molecule has 24 heavy (non-hydrogen) atoms. The monoisotopic (exact) mass is 330 g/mol. The van der Waals surface area contributed by atoms with Crippen molar-refractivity contribution in [3.63, 3.8) is 0 Å². The number of carbonyl (C=O) groups is 1. The van der Waals surface area contributed by atoms with Crippen LogP contribution in [0, 0.1) is 40.4 Å². The third kappa shape index (κ3) is 2.21. The summed E-state index contributed by atoms with van der Waals surface area (Å²) in [6.07, 6.45) is 11.6. The van der Waals surface area contributed by atoms with Crippen molar-refractivity contribution in [2.75, 3.05) is 6.61 Å². The molecule has 3 fully saturated rings. The molecular weight excluding hydrogens is 296 g/mol. The van der Waals surface area contributed by atoms with E-state index < -0.39 is 0 Å². The molecule has 2 heteroatoms. The Kier molecular flexibility index (Phi) is 3.99. The molecule has 0 saturated heterocycles. The van der Waals surface area contributed by atoms with Gasteiger partial charge in [0.2, 0.25) is 0 Å². The van der Waals surface area contributed by atoms with Gasteiger partial charge in [-0.25, -0.2) is 0 Å². The molecule has 7 atom stereocenters. The number of ketones is 1. The van der Waals surface area contributed by atoms with Crippen molar-refractivity contribution in [3.8, 4) is 0 Å². The highest BCUT2D eigenvalue weighted by atomic mass is 16.3. The number of fused-ring (bicyclic) bond motifs is 5. The van der Waals surface area contributed by atoms with Gasteiger partial charge < -0.3 is 5.11 Å². The lowest BCUT2D eigenvalue weighted by atomic mass is 9.47. The van der Waals surface area contributed by atoms with Crippen molar-refractivity contribution in [1.82, 2.24) is 0 Å². The first-order valence-electron chi connectivity index (χ1n) is 10.2. The van der Waals surface area contributed by atoms with Gasteiger partial charge in [0.1, 0.15) is 5.78 Å². The summed E-state index contributed by atoms with van der Waals surface area (Å²) in [6.45, 7) is 7.58. The van der Waals surface area contributed by atoms with Gasteiger partial charge in [-0.2, -0.15) is 0 Å². The average molecular weight is 331 g/mol. The van der Waals surface area contributed by atoms with Crippen molar-refractivity contribution in [2.45, 2.75) is 72.1 Å². The number of hydrogen-bond acceptors (Lipinski definition) is 2. The Bertz CT molecular complexity index is 564. The van der Waals surface area contributed by atoms with Gasteiger partial charge in [0.25, 0.3) is 0 Å². The van der Waals surface area contributed by atoms with Crippen LogP contribution in [0.15, 0.2) is 11.6 Å². The first-order valence-corrected chi connectivity index (χ1v) is 10.2. The highest BCUT2D eigenvalue weighted by Crippen LogP contribution is 2.66. The summed E-state index contributed by atoms with van der Waals surface area (Å²) in [7, 11) is 0. The number of aliphatic hydroxyl groups is 1. The van der Waals surface area contributed by atoms with Crippen molar-refractivity contribution in [3.05, 3.63) is 11.6 Å².